The van der Waals surface area contributed by atoms with Crippen LogP contribution in [-0.2, 0) is 11.3 Å². The minimum absolute atomic E-state index is 0.201. The summed E-state index contributed by atoms with van der Waals surface area (Å²) in [5.74, 6) is -0.505. The average Bonchev–Trinajstić information content (AvgIpc) is 3.32. The van der Waals surface area contributed by atoms with Gasteiger partial charge in [-0.3, -0.25) is 9.59 Å². The molecule has 3 aromatic rings. The molecule has 0 saturated carbocycles. The number of hydrogen-bond acceptors (Lipinski definition) is 4. The molecule has 1 N–H and O–H groups in total. The number of ether oxygens (including phenoxy) is 2. The van der Waals surface area contributed by atoms with Gasteiger partial charge in [-0.2, -0.15) is 0 Å². The Balaban J connectivity index is 1.62. The van der Waals surface area contributed by atoms with E-state index in [9.17, 15) is 14.0 Å². The third kappa shape index (κ3) is 5.41. The van der Waals surface area contributed by atoms with Crippen LogP contribution in [0.3, 0.4) is 0 Å². The predicted octanol–water partition coefficient (Wildman–Crippen LogP) is 4.67. The highest BCUT2D eigenvalue weighted by molar-refractivity contribution is 6.30. The lowest BCUT2D eigenvalue weighted by molar-refractivity contribution is -0.125. The number of halogens is 2. The molecule has 8 heteroatoms. The quantitative estimate of drug-likeness (QED) is 0.516. The van der Waals surface area contributed by atoms with Crippen molar-refractivity contribution < 1.29 is 23.5 Å². The number of nitrogens with zero attached hydrogens (tertiary/aromatic N) is 1. The van der Waals surface area contributed by atoms with Crippen LogP contribution in [0.1, 0.15) is 27.4 Å². The Hall–Kier alpha value is -3.58. The summed E-state index contributed by atoms with van der Waals surface area (Å²) in [6.45, 7) is 0.801. The van der Waals surface area contributed by atoms with Crippen LogP contribution >= 0.6 is 11.6 Å². The summed E-state index contributed by atoms with van der Waals surface area (Å²) in [7, 11) is 3.10. The molecule has 0 radical (unpaired) electrons. The van der Waals surface area contributed by atoms with Gasteiger partial charge >= 0.3 is 0 Å². The molecule has 1 heterocycles. The fraction of sp³-hybridized carbons (Fsp3) is 0.259. The Bertz CT molecular complexity index is 1220. The molecular weight excluding hydrogens is 471 g/mol. The van der Waals surface area contributed by atoms with Crippen LogP contribution in [0, 0.1) is 11.7 Å². The van der Waals surface area contributed by atoms with E-state index in [1.807, 2.05) is 12.1 Å². The maximum absolute atomic E-state index is 13.4. The maximum Gasteiger partial charge on any atom is 0.253 e. The van der Waals surface area contributed by atoms with E-state index in [0.29, 0.717) is 28.6 Å². The minimum atomic E-state index is -0.528. The Morgan fingerprint density at radius 1 is 1.03 bits per heavy atom. The first-order valence-electron chi connectivity index (χ1n) is 11.2. The second-order valence-corrected chi connectivity index (χ2v) is 8.80. The van der Waals surface area contributed by atoms with Gasteiger partial charge in [0.1, 0.15) is 5.82 Å². The van der Waals surface area contributed by atoms with Gasteiger partial charge in [0.2, 0.25) is 5.91 Å². The molecule has 2 atom stereocenters. The summed E-state index contributed by atoms with van der Waals surface area (Å²) < 4.78 is 24.3. The number of methoxy groups -OCH3 is 2. The number of benzene rings is 3. The SMILES string of the molecule is COc1cccc([C@H]2CN(C(=O)c3cccc(Cl)c3)C[C@@H]2C(=O)NCc2ccc(F)cc2)c1OC. The van der Waals surface area contributed by atoms with Crippen LogP contribution in [-0.4, -0.2) is 44.0 Å². The van der Waals surface area contributed by atoms with Crippen molar-refractivity contribution in [1.82, 2.24) is 10.2 Å². The number of hydrogen-bond donors (Lipinski definition) is 1. The second-order valence-electron chi connectivity index (χ2n) is 8.36. The van der Waals surface area contributed by atoms with E-state index < -0.39 is 5.92 Å². The van der Waals surface area contributed by atoms with E-state index in [-0.39, 0.29) is 36.6 Å². The molecule has 1 aliphatic heterocycles. The number of likely N-dealkylation sites (tertiary alicyclic amines) is 1. The highest BCUT2D eigenvalue weighted by Crippen LogP contribution is 2.42. The number of carbonyl (C=O) groups excluding carboxylic acids is 2. The normalized spacial score (nSPS) is 17.2. The lowest BCUT2D eigenvalue weighted by Gasteiger charge is -2.21. The van der Waals surface area contributed by atoms with E-state index in [1.165, 1.54) is 12.1 Å². The summed E-state index contributed by atoms with van der Waals surface area (Å²) in [6, 6.07) is 18.2. The molecule has 0 aliphatic carbocycles. The Kier molecular flexibility index (Phi) is 7.56. The first-order valence-corrected chi connectivity index (χ1v) is 11.6. The maximum atomic E-state index is 13.4. The summed E-state index contributed by atoms with van der Waals surface area (Å²) in [4.78, 5) is 28.3. The van der Waals surface area contributed by atoms with Crippen molar-refractivity contribution in [3.8, 4) is 11.5 Å². The van der Waals surface area contributed by atoms with Gasteiger partial charge in [-0.05, 0) is 42.0 Å². The lowest BCUT2D eigenvalue weighted by Crippen LogP contribution is -2.35. The number of nitrogens with one attached hydrogen (secondary N) is 1. The van der Waals surface area contributed by atoms with Crippen molar-refractivity contribution in [3.63, 3.8) is 0 Å². The number of amides is 2. The van der Waals surface area contributed by atoms with Crippen molar-refractivity contribution >= 4 is 23.4 Å². The van der Waals surface area contributed by atoms with Crippen molar-refractivity contribution in [3.05, 3.63) is 94.3 Å². The molecule has 1 aliphatic rings. The molecule has 4 rings (SSSR count). The van der Waals surface area contributed by atoms with E-state index in [0.717, 1.165) is 11.1 Å². The van der Waals surface area contributed by atoms with Crippen LogP contribution in [0.25, 0.3) is 0 Å². The summed E-state index contributed by atoms with van der Waals surface area (Å²) >= 11 is 6.09. The molecule has 2 amide bonds. The van der Waals surface area contributed by atoms with Gasteiger partial charge in [-0.1, -0.05) is 41.9 Å². The van der Waals surface area contributed by atoms with Crippen LogP contribution in [0.2, 0.25) is 5.02 Å². The van der Waals surface area contributed by atoms with E-state index in [2.05, 4.69) is 5.32 Å². The standard InChI is InChI=1S/C27H26ClFN2O4/c1-34-24-8-4-7-21(25(24)35-2)22-15-31(27(33)18-5-3-6-19(28)13-18)16-23(22)26(32)30-14-17-9-11-20(29)12-10-17/h3-13,22-23H,14-16H2,1-2H3,(H,30,32)/t22-,23+/m1/s1. The van der Waals surface area contributed by atoms with Crippen molar-refractivity contribution in [2.24, 2.45) is 5.92 Å². The average molecular weight is 497 g/mol. The smallest absolute Gasteiger partial charge is 0.253 e. The van der Waals surface area contributed by atoms with Gasteiger partial charge in [0, 0.05) is 41.7 Å². The zero-order valence-corrected chi connectivity index (χ0v) is 20.2. The first-order chi connectivity index (χ1) is 16.9. The van der Waals surface area contributed by atoms with Crippen molar-refractivity contribution in [2.45, 2.75) is 12.5 Å². The number of rotatable bonds is 7. The molecule has 6 nitrogen and oxygen atoms in total. The topological polar surface area (TPSA) is 67.9 Å². The monoisotopic (exact) mass is 496 g/mol. The van der Waals surface area contributed by atoms with Crippen molar-refractivity contribution in [2.75, 3.05) is 27.3 Å². The number of para-hydroxylation sites is 1. The fourth-order valence-corrected chi connectivity index (χ4v) is 4.67. The first kappa shape index (κ1) is 24.5. The lowest BCUT2D eigenvalue weighted by atomic mass is 9.87. The second kappa shape index (κ2) is 10.8. The molecule has 0 unspecified atom stereocenters. The van der Waals surface area contributed by atoms with Gasteiger partial charge in [0.25, 0.3) is 5.91 Å². The van der Waals surface area contributed by atoms with Crippen LogP contribution in [0.15, 0.2) is 66.7 Å². The molecule has 0 bridgehead atoms. The number of carbonyl (C=O) groups is 2. The van der Waals surface area contributed by atoms with Gasteiger partial charge in [0.15, 0.2) is 11.5 Å². The Morgan fingerprint density at radius 2 is 1.77 bits per heavy atom. The van der Waals surface area contributed by atoms with Gasteiger partial charge in [-0.25, -0.2) is 4.39 Å². The van der Waals surface area contributed by atoms with E-state index in [4.69, 9.17) is 21.1 Å². The summed E-state index contributed by atoms with van der Waals surface area (Å²) in [5.41, 5.74) is 2.02. The molecule has 182 valence electrons. The Labute approximate surface area is 208 Å². The highest BCUT2D eigenvalue weighted by Gasteiger charge is 2.42. The Morgan fingerprint density at radius 3 is 2.46 bits per heavy atom. The largest absolute Gasteiger partial charge is 0.493 e. The molecule has 0 spiro atoms. The predicted molar refractivity (Wildman–Crippen MR) is 131 cm³/mol. The van der Waals surface area contributed by atoms with Gasteiger partial charge < -0.3 is 19.7 Å². The van der Waals surface area contributed by atoms with Crippen LogP contribution in [0.5, 0.6) is 11.5 Å². The molecule has 1 fully saturated rings. The van der Waals surface area contributed by atoms with Gasteiger partial charge in [-0.15, -0.1) is 0 Å². The van der Waals surface area contributed by atoms with Gasteiger partial charge in [0.05, 0.1) is 20.1 Å². The van der Waals surface area contributed by atoms with E-state index >= 15 is 0 Å². The highest BCUT2D eigenvalue weighted by atomic mass is 35.5. The van der Waals surface area contributed by atoms with Crippen LogP contribution in [0.4, 0.5) is 4.39 Å². The molecule has 1 saturated heterocycles. The third-order valence-electron chi connectivity index (χ3n) is 6.23. The minimum Gasteiger partial charge on any atom is -0.493 e. The zero-order chi connectivity index (χ0) is 24.9. The zero-order valence-electron chi connectivity index (χ0n) is 19.5. The van der Waals surface area contributed by atoms with E-state index in [1.54, 1.807) is 61.6 Å². The molecule has 35 heavy (non-hydrogen) atoms. The summed E-state index contributed by atoms with van der Waals surface area (Å²) in [5, 5.41) is 3.41. The fourth-order valence-electron chi connectivity index (χ4n) is 4.48. The molecule has 0 aromatic heterocycles. The molecular formula is C27H26ClFN2O4. The molecule has 3 aromatic carbocycles. The summed E-state index contributed by atoms with van der Waals surface area (Å²) in [6.07, 6.45) is 0. The third-order valence-corrected chi connectivity index (χ3v) is 6.46. The van der Waals surface area contributed by atoms with Crippen molar-refractivity contribution in [1.29, 1.82) is 0 Å². The van der Waals surface area contributed by atoms with Crippen LogP contribution < -0.4 is 14.8 Å².